The lowest BCUT2D eigenvalue weighted by molar-refractivity contribution is 0.0599. The van der Waals surface area contributed by atoms with E-state index < -0.39 is 21.9 Å². The van der Waals surface area contributed by atoms with Crippen molar-refractivity contribution in [2.45, 2.75) is 24.7 Å². The summed E-state index contributed by atoms with van der Waals surface area (Å²) >= 11 is 6.13. The second-order valence-corrected chi connectivity index (χ2v) is 8.99. The molecule has 29 heavy (non-hydrogen) atoms. The van der Waals surface area contributed by atoms with Crippen LogP contribution in [0.2, 0.25) is 5.02 Å². The summed E-state index contributed by atoms with van der Waals surface area (Å²) in [6, 6.07) is 9.01. The molecule has 1 fully saturated rings. The summed E-state index contributed by atoms with van der Waals surface area (Å²) in [5.74, 6) is -1.02. The topological polar surface area (TPSA) is 92.8 Å². The quantitative estimate of drug-likeness (QED) is 0.724. The van der Waals surface area contributed by atoms with Crippen molar-refractivity contribution in [1.29, 1.82) is 0 Å². The maximum absolute atomic E-state index is 12.9. The lowest BCUT2D eigenvalue weighted by Crippen LogP contribution is -2.28. The third-order valence-corrected chi connectivity index (χ3v) is 7.24. The molecule has 9 heteroatoms. The number of benzene rings is 2. The zero-order valence-electron chi connectivity index (χ0n) is 16.1. The summed E-state index contributed by atoms with van der Waals surface area (Å²) in [6.45, 7) is 2.57. The monoisotopic (exact) mass is 436 g/mol. The van der Waals surface area contributed by atoms with E-state index >= 15 is 0 Å². The predicted octanol–water partition coefficient (Wildman–Crippen LogP) is 3.47. The number of carbonyl (C=O) groups is 2. The molecule has 0 aromatic heterocycles. The number of halogens is 1. The van der Waals surface area contributed by atoms with Crippen molar-refractivity contribution >= 4 is 39.2 Å². The van der Waals surface area contributed by atoms with E-state index in [1.807, 2.05) is 0 Å². The molecule has 1 heterocycles. The lowest BCUT2D eigenvalue weighted by Gasteiger charge is -2.17. The summed E-state index contributed by atoms with van der Waals surface area (Å²) in [6.07, 6.45) is 1.60. The number of methoxy groups -OCH3 is 1. The van der Waals surface area contributed by atoms with E-state index in [0.717, 1.165) is 12.8 Å². The Balaban J connectivity index is 1.91. The molecule has 2 aromatic rings. The van der Waals surface area contributed by atoms with Crippen LogP contribution in [0.15, 0.2) is 41.3 Å². The summed E-state index contributed by atoms with van der Waals surface area (Å²) in [5, 5.41) is 2.78. The number of carbonyl (C=O) groups excluding carboxylic acids is 2. The van der Waals surface area contributed by atoms with Crippen molar-refractivity contribution in [3.63, 3.8) is 0 Å². The molecule has 7 nitrogen and oxygen atoms in total. The number of anilines is 1. The molecule has 1 aliphatic heterocycles. The fourth-order valence-electron chi connectivity index (χ4n) is 3.21. The Morgan fingerprint density at radius 2 is 1.83 bits per heavy atom. The normalized spacial score (nSPS) is 14.6. The van der Waals surface area contributed by atoms with E-state index in [0.29, 0.717) is 29.9 Å². The average molecular weight is 437 g/mol. The van der Waals surface area contributed by atoms with Gasteiger partial charge in [-0.1, -0.05) is 17.7 Å². The molecule has 2 aromatic carbocycles. The van der Waals surface area contributed by atoms with Crippen molar-refractivity contribution in [2.24, 2.45) is 0 Å². The van der Waals surface area contributed by atoms with Gasteiger partial charge in [0.2, 0.25) is 10.0 Å². The van der Waals surface area contributed by atoms with E-state index in [4.69, 9.17) is 16.3 Å². The molecule has 0 radical (unpaired) electrons. The lowest BCUT2D eigenvalue weighted by atomic mass is 10.1. The fourth-order valence-corrected chi connectivity index (χ4v) is 5.22. The molecular formula is C20H21ClN2O5S. The SMILES string of the molecule is COC(=O)c1cccc(NC(=O)c2ccc(Cl)c(S(=O)(=O)N3CCCC3)c2)c1C. The Morgan fingerprint density at radius 1 is 1.14 bits per heavy atom. The van der Waals surface area contributed by atoms with Crippen LogP contribution in [0.3, 0.4) is 0 Å². The molecule has 1 N–H and O–H groups in total. The summed E-state index contributed by atoms with van der Waals surface area (Å²) in [4.78, 5) is 24.5. The molecule has 3 rings (SSSR count). The number of hydrogen-bond donors (Lipinski definition) is 1. The van der Waals surface area contributed by atoms with Gasteiger partial charge in [0, 0.05) is 24.3 Å². The second-order valence-electron chi connectivity index (χ2n) is 6.68. The highest BCUT2D eigenvalue weighted by molar-refractivity contribution is 7.89. The first-order valence-electron chi connectivity index (χ1n) is 9.04. The Labute approximate surface area is 174 Å². The van der Waals surface area contributed by atoms with Crippen molar-refractivity contribution in [1.82, 2.24) is 4.31 Å². The number of sulfonamides is 1. The number of nitrogens with one attached hydrogen (secondary N) is 1. The molecule has 0 unspecified atom stereocenters. The predicted molar refractivity (Wildman–Crippen MR) is 110 cm³/mol. The minimum absolute atomic E-state index is 0.0670. The number of amides is 1. The van der Waals surface area contributed by atoms with Crippen molar-refractivity contribution in [3.8, 4) is 0 Å². The molecule has 154 valence electrons. The molecule has 0 saturated carbocycles. The average Bonchev–Trinajstić information content (AvgIpc) is 3.25. The minimum atomic E-state index is -3.77. The largest absolute Gasteiger partial charge is 0.465 e. The van der Waals surface area contributed by atoms with Gasteiger partial charge >= 0.3 is 5.97 Å². The van der Waals surface area contributed by atoms with Gasteiger partial charge in [0.05, 0.1) is 17.7 Å². The van der Waals surface area contributed by atoms with Crippen LogP contribution in [-0.2, 0) is 14.8 Å². The number of esters is 1. The highest BCUT2D eigenvalue weighted by Gasteiger charge is 2.29. The van der Waals surface area contributed by atoms with Gasteiger partial charge in [-0.25, -0.2) is 13.2 Å². The molecule has 0 bridgehead atoms. The zero-order chi connectivity index (χ0) is 21.2. The Bertz CT molecular complexity index is 1060. The first-order chi connectivity index (χ1) is 13.8. The van der Waals surface area contributed by atoms with Crippen LogP contribution in [0, 0.1) is 6.92 Å². The highest BCUT2D eigenvalue weighted by Crippen LogP contribution is 2.29. The van der Waals surface area contributed by atoms with Gasteiger partial charge < -0.3 is 10.1 Å². The molecule has 0 atom stereocenters. The Hall–Kier alpha value is -2.42. The molecule has 1 saturated heterocycles. The minimum Gasteiger partial charge on any atom is -0.465 e. The van der Waals surface area contributed by atoms with Crippen LogP contribution in [0.5, 0.6) is 0 Å². The number of hydrogen-bond acceptors (Lipinski definition) is 5. The molecule has 1 amide bonds. The standard InChI is InChI=1S/C20H21ClN2O5S/c1-13-15(20(25)28-2)6-5-7-17(13)22-19(24)14-8-9-16(21)18(12-14)29(26,27)23-10-3-4-11-23/h5-9,12H,3-4,10-11H2,1-2H3,(H,22,24). The van der Waals surface area contributed by atoms with E-state index in [1.165, 1.54) is 29.6 Å². The van der Waals surface area contributed by atoms with Crippen molar-refractivity contribution in [3.05, 3.63) is 58.1 Å². The van der Waals surface area contributed by atoms with Gasteiger partial charge in [-0.05, 0) is 55.7 Å². The van der Waals surface area contributed by atoms with E-state index in [-0.39, 0.29) is 15.5 Å². The number of rotatable bonds is 5. The summed E-state index contributed by atoms with van der Waals surface area (Å²) < 4.78 is 31.8. The first kappa shape index (κ1) is 21.3. The van der Waals surface area contributed by atoms with Crippen LogP contribution in [0.25, 0.3) is 0 Å². The van der Waals surface area contributed by atoms with Gasteiger partial charge in [0.15, 0.2) is 0 Å². The van der Waals surface area contributed by atoms with E-state index in [9.17, 15) is 18.0 Å². The first-order valence-corrected chi connectivity index (χ1v) is 10.9. The second kappa shape index (κ2) is 8.52. The van der Waals surface area contributed by atoms with E-state index in [2.05, 4.69) is 5.32 Å². The third-order valence-electron chi connectivity index (χ3n) is 4.86. The van der Waals surface area contributed by atoms with Crippen LogP contribution in [0.4, 0.5) is 5.69 Å². The number of ether oxygens (including phenoxy) is 1. The zero-order valence-corrected chi connectivity index (χ0v) is 17.6. The van der Waals surface area contributed by atoms with Crippen molar-refractivity contribution in [2.75, 3.05) is 25.5 Å². The Kier molecular flexibility index (Phi) is 6.26. The Morgan fingerprint density at radius 3 is 2.48 bits per heavy atom. The molecular weight excluding hydrogens is 416 g/mol. The number of nitrogens with zero attached hydrogens (tertiary/aromatic N) is 1. The maximum atomic E-state index is 12.9. The van der Waals surface area contributed by atoms with Gasteiger partial charge in [0.25, 0.3) is 5.91 Å². The van der Waals surface area contributed by atoms with Crippen LogP contribution < -0.4 is 5.32 Å². The van der Waals surface area contributed by atoms with Crippen LogP contribution in [-0.4, -0.2) is 44.8 Å². The van der Waals surface area contributed by atoms with Crippen LogP contribution in [0.1, 0.15) is 39.1 Å². The van der Waals surface area contributed by atoms with Gasteiger partial charge in [-0.15, -0.1) is 0 Å². The molecule has 0 spiro atoms. The molecule has 1 aliphatic rings. The van der Waals surface area contributed by atoms with E-state index in [1.54, 1.807) is 25.1 Å². The smallest absolute Gasteiger partial charge is 0.338 e. The fraction of sp³-hybridized carbons (Fsp3) is 0.300. The summed E-state index contributed by atoms with van der Waals surface area (Å²) in [5.41, 5.74) is 1.46. The van der Waals surface area contributed by atoms with Crippen LogP contribution >= 0.6 is 11.6 Å². The molecule has 0 aliphatic carbocycles. The highest BCUT2D eigenvalue weighted by atomic mass is 35.5. The van der Waals surface area contributed by atoms with Gasteiger partial charge in [0.1, 0.15) is 4.90 Å². The van der Waals surface area contributed by atoms with Crippen molar-refractivity contribution < 1.29 is 22.7 Å². The third kappa shape index (κ3) is 4.29. The van der Waals surface area contributed by atoms with Gasteiger partial charge in [-0.2, -0.15) is 4.31 Å². The summed E-state index contributed by atoms with van der Waals surface area (Å²) in [7, 11) is -2.49. The van der Waals surface area contributed by atoms with Gasteiger partial charge in [-0.3, -0.25) is 4.79 Å². The maximum Gasteiger partial charge on any atom is 0.338 e.